The van der Waals surface area contributed by atoms with Gasteiger partial charge in [0.2, 0.25) is 0 Å². The summed E-state index contributed by atoms with van der Waals surface area (Å²) in [7, 11) is 0. The average molecular weight is 273 g/mol. The highest BCUT2D eigenvalue weighted by atomic mass is 19.1. The molecule has 1 fully saturated rings. The van der Waals surface area contributed by atoms with Gasteiger partial charge in [-0.05, 0) is 54.8 Å². The van der Waals surface area contributed by atoms with Gasteiger partial charge in [0.25, 0.3) is 0 Å². The van der Waals surface area contributed by atoms with E-state index in [2.05, 4.69) is 4.90 Å². The molecule has 2 aromatic rings. The van der Waals surface area contributed by atoms with Crippen LogP contribution in [0.4, 0.5) is 8.78 Å². The molecule has 1 nitrogen and oxygen atoms in total. The zero-order chi connectivity index (χ0) is 13.9. The van der Waals surface area contributed by atoms with Crippen molar-refractivity contribution in [1.82, 2.24) is 4.90 Å². The van der Waals surface area contributed by atoms with E-state index in [1.54, 1.807) is 24.3 Å². The maximum Gasteiger partial charge on any atom is 0.123 e. The lowest BCUT2D eigenvalue weighted by molar-refractivity contribution is 0.248. The first-order valence-corrected chi connectivity index (χ1v) is 6.96. The second kappa shape index (κ2) is 5.71. The number of nitrogens with zero attached hydrogens (tertiary/aromatic N) is 1. The number of rotatable bonds is 3. The normalized spacial score (nSPS) is 19.4. The Kier molecular flexibility index (Phi) is 3.79. The molecule has 3 heteroatoms. The zero-order valence-corrected chi connectivity index (χ0v) is 11.2. The number of hydrogen-bond donors (Lipinski definition) is 0. The summed E-state index contributed by atoms with van der Waals surface area (Å²) < 4.78 is 26.6. The van der Waals surface area contributed by atoms with Crippen molar-refractivity contribution >= 4 is 0 Å². The zero-order valence-electron chi connectivity index (χ0n) is 11.2. The monoisotopic (exact) mass is 273 g/mol. The summed E-state index contributed by atoms with van der Waals surface area (Å²) in [6.07, 6.45) is 2.12. The molecular formula is C17H17F2N. The molecule has 0 aliphatic carbocycles. The largest absolute Gasteiger partial charge is 0.292 e. The van der Waals surface area contributed by atoms with Crippen LogP contribution in [0.5, 0.6) is 0 Å². The van der Waals surface area contributed by atoms with Gasteiger partial charge in [-0.2, -0.15) is 0 Å². The molecule has 0 N–H and O–H groups in total. The van der Waals surface area contributed by atoms with E-state index < -0.39 is 0 Å². The Bertz CT molecular complexity index is 597. The highest BCUT2D eigenvalue weighted by Crippen LogP contribution is 2.33. The molecule has 1 heterocycles. The first-order chi connectivity index (χ1) is 9.72. The Morgan fingerprint density at radius 1 is 1.00 bits per heavy atom. The molecule has 0 radical (unpaired) electrons. The van der Waals surface area contributed by atoms with Crippen molar-refractivity contribution in [3.8, 4) is 0 Å². The predicted octanol–water partition coefficient (Wildman–Crippen LogP) is 4.30. The van der Waals surface area contributed by atoms with Gasteiger partial charge in [-0.3, -0.25) is 4.90 Å². The molecule has 3 rings (SSSR count). The van der Waals surface area contributed by atoms with Crippen LogP contribution in [0.15, 0.2) is 48.5 Å². The fraction of sp³-hybridized carbons (Fsp3) is 0.294. The molecule has 1 atom stereocenters. The summed E-state index contributed by atoms with van der Waals surface area (Å²) in [6, 6.07) is 13.7. The van der Waals surface area contributed by atoms with E-state index in [9.17, 15) is 8.78 Å². The maximum absolute atomic E-state index is 13.4. The number of hydrogen-bond acceptors (Lipinski definition) is 1. The molecular weight excluding hydrogens is 256 g/mol. The summed E-state index contributed by atoms with van der Waals surface area (Å²) in [5, 5.41) is 0. The van der Waals surface area contributed by atoms with Crippen molar-refractivity contribution in [3.63, 3.8) is 0 Å². The smallest absolute Gasteiger partial charge is 0.123 e. The highest BCUT2D eigenvalue weighted by Gasteiger charge is 2.26. The molecule has 1 aliphatic heterocycles. The maximum atomic E-state index is 13.4. The van der Waals surface area contributed by atoms with Crippen LogP contribution in [0.1, 0.15) is 30.0 Å². The van der Waals surface area contributed by atoms with Gasteiger partial charge in [-0.25, -0.2) is 8.78 Å². The van der Waals surface area contributed by atoms with E-state index in [0.717, 1.165) is 30.5 Å². The van der Waals surface area contributed by atoms with Crippen molar-refractivity contribution in [2.75, 3.05) is 6.54 Å². The number of likely N-dealkylation sites (tertiary alicyclic amines) is 1. The van der Waals surface area contributed by atoms with Crippen molar-refractivity contribution in [1.29, 1.82) is 0 Å². The van der Waals surface area contributed by atoms with Crippen LogP contribution >= 0.6 is 0 Å². The van der Waals surface area contributed by atoms with Crippen LogP contribution < -0.4 is 0 Å². The Hall–Kier alpha value is -1.74. The van der Waals surface area contributed by atoms with Crippen molar-refractivity contribution in [2.24, 2.45) is 0 Å². The summed E-state index contributed by atoms with van der Waals surface area (Å²) in [5.74, 6) is -0.399. The molecule has 0 saturated carbocycles. The Morgan fingerprint density at radius 2 is 1.75 bits per heavy atom. The molecule has 20 heavy (non-hydrogen) atoms. The Balaban J connectivity index is 1.79. The van der Waals surface area contributed by atoms with Gasteiger partial charge in [-0.1, -0.05) is 24.3 Å². The summed E-state index contributed by atoms with van der Waals surface area (Å²) in [4.78, 5) is 2.30. The molecule has 104 valence electrons. The second-order valence-electron chi connectivity index (χ2n) is 5.31. The van der Waals surface area contributed by atoms with Crippen molar-refractivity contribution < 1.29 is 8.78 Å². The quantitative estimate of drug-likeness (QED) is 0.805. The standard InChI is InChI=1S/C17H17F2N/c18-15-6-1-4-13(10-15)12-20-9-3-8-17(20)14-5-2-7-16(19)11-14/h1-2,4-7,10-11,17H,3,8-9,12H2/t17-/m0/s1. The highest BCUT2D eigenvalue weighted by molar-refractivity contribution is 5.22. The minimum Gasteiger partial charge on any atom is -0.292 e. The van der Waals surface area contributed by atoms with Crippen LogP contribution in [-0.4, -0.2) is 11.4 Å². The third-order valence-electron chi connectivity index (χ3n) is 3.87. The number of benzene rings is 2. The minimum atomic E-state index is -0.205. The first-order valence-electron chi connectivity index (χ1n) is 6.96. The first kappa shape index (κ1) is 13.3. The molecule has 0 amide bonds. The second-order valence-corrected chi connectivity index (χ2v) is 5.31. The molecule has 2 aromatic carbocycles. The lowest BCUT2D eigenvalue weighted by Gasteiger charge is -2.25. The SMILES string of the molecule is Fc1cccc(CN2CCC[C@H]2c2cccc(F)c2)c1. The molecule has 1 saturated heterocycles. The van der Waals surface area contributed by atoms with Crippen LogP contribution in [0.25, 0.3) is 0 Å². The van der Waals surface area contributed by atoms with Gasteiger partial charge in [0.1, 0.15) is 11.6 Å². The lowest BCUT2D eigenvalue weighted by Crippen LogP contribution is -2.22. The van der Waals surface area contributed by atoms with E-state index in [-0.39, 0.29) is 17.7 Å². The number of halogens is 2. The van der Waals surface area contributed by atoms with Gasteiger partial charge >= 0.3 is 0 Å². The Labute approximate surface area is 117 Å². The predicted molar refractivity (Wildman–Crippen MR) is 75.2 cm³/mol. The third kappa shape index (κ3) is 2.88. The van der Waals surface area contributed by atoms with Crippen LogP contribution in [0.3, 0.4) is 0 Å². The fourth-order valence-electron chi connectivity index (χ4n) is 2.98. The van der Waals surface area contributed by atoms with E-state index in [1.165, 1.54) is 12.1 Å². The minimum absolute atomic E-state index is 0.194. The molecule has 0 spiro atoms. The third-order valence-corrected chi connectivity index (χ3v) is 3.87. The van der Waals surface area contributed by atoms with E-state index in [4.69, 9.17) is 0 Å². The molecule has 0 bridgehead atoms. The lowest BCUT2D eigenvalue weighted by atomic mass is 10.0. The van der Waals surface area contributed by atoms with Gasteiger partial charge in [0.15, 0.2) is 0 Å². The van der Waals surface area contributed by atoms with Gasteiger partial charge in [-0.15, -0.1) is 0 Å². The van der Waals surface area contributed by atoms with Crippen molar-refractivity contribution in [3.05, 3.63) is 71.3 Å². The fourth-order valence-corrected chi connectivity index (χ4v) is 2.98. The topological polar surface area (TPSA) is 3.24 Å². The van der Waals surface area contributed by atoms with Gasteiger partial charge in [0, 0.05) is 12.6 Å². The molecule has 0 unspecified atom stereocenters. The van der Waals surface area contributed by atoms with Crippen molar-refractivity contribution in [2.45, 2.75) is 25.4 Å². The Morgan fingerprint density at radius 3 is 2.50 bits per heavy atom. The summed E-state index contributed by atoms with van der Waals surface area (Å²) in [6.45, 7) is 1.68. The van der Waals surface area contributed by atoms with E-state index in [1.807, 2.05) is 12.1 Å². The van der Waals surface area contributed by atoms with Gasteiger partial charge in [0.05, 0.1) is 0 Å². The molecule has 1 aliphatic rings. The summed E-state index contributed by atoms with van der Waals surface area (Å²) >= 11 is 0. The van der Waals surface area contributed by atoms with Crippen LogP contribution in [-0.2, 0) is 6.54 Å². The van der Waals surface area contributed by atoms with E-state index in [0.29, 0.717) is 6.54 Å². The van der Waals surface area contributed by atoms with Crippen LogP contribution in [0, 0.1) is 11.6 Å². The van der Waals surface area contributed by atoms with E-state index >= 15 is 0 Å². The van der Waals surface area contributed by atoms with Gasteiger partial charge < -0.3 is 0 Å². The molecule has 0 aromatic heterocycles. The summed E-state index contributed by atoms with van der Waals surface area (Å²) in [5.41, 5.74) is 1.98. The van der Waals surface area contributed by atoms with Crippen LogP contribution in [0.2, 0.25) is 0 Å². The average Bonchev–Trinajstić information content (AvgIpc) is 2.87.